The predicted molar refractivity (Wildman–Crippen MR) is 64.6 cm³/mol. The third-order valence-electron chi connectivity index (χ3n) is 3.59. The number of nitrogen functional groups attached to an aromatic ring is 1. The second-order valence-electron chi connectivity index (χ2n) is 4.67. The van der Waals surface area contributed by atoms with Crippen LogP contribution in [-0.2, 0) is 11.2 Å². The van der Waals surface area contributed by atoms with E-state index in [0.717, 1.165) is 31.5 Å². The molecule has 1 unspecified atom stereocenters. The molecule has 0 spiro atoms. The van der Waals surface area contributed by atoms with Crippen LogP contribution in [0.25, 0.3) is 0 Å². The van der Waals surface area contributed by atoms with Crippen LogP contribution < -0.4 is 5.73 Å². The minimum absolute atomic E-state index is 0.175. The maximum absolute atomic E-state index is 11.7. The van der Waals surface area contributed by atoms with Gasteiger partial charge in [0.1, 0.15) is 0 Å². The van der Waals surface area contributed by atoms with E-state index >= 15 is 0 Å². The van der Waals surface area contributed by atoms with Crippen molar-refractivity contribution in [2.24, 2.45) is 0 Å². The number of benzene rings is 1. The number of carbonyl (C=O) groups is 1. The van der Waals surface area contributed by atoms with Gasteiger partial charge >= 0.3 is 6.09 Å². The molecule has 1 aromatic carbocycles. The van der Waals surface area contributed by atoms with E-state index in [1.54, 1.807) is 0 Å². The van der Waals surface area contributed by atoms with Crippen LogP contribution in [-0.4, -0.2) is 24.1 Å². The van der Waals surface area contributed by atoms with Gasteiger partial charge in [0.25, 0.3) is 0 Å². The summed E-state index contributed by atoms with van der Waals surface area (Å²) in [5, 5.41) is 0. The Bertz CT molecular complexity index is 459. The van der Waals surface area contributed by atoms with Crippen molar-refractivity contribution < 1.29 is 9.53 Å². The smallest absolute Gasteiger partial charge is 0.410 e. The summed E-state index contributed by atoms with van der Waals surface area (Å²) < 4.78 is 5.10. The van der Waals surface area contributed by atoms with Crippen LogP contribution in [0.15, 0.2) is 18.2 Å². The SMILES string of the molecule is Nc1ccc2c(c1)CCC2N1CCCOC1=O. The van der Waals surface area contributed by atoms with E-state index in [9.17, 15) is 4.79 Å². The van der Waals surface area contributed by atoms with Gasteiger partial charge in [0.2, 0.25) is 0 Å². The van der Waals surface area contributed by atoms with Crippen molar-refractivity contribution in [2.75, 3.05) is 18.9 Å². The molecule has 1 amide bonds. The fourth-order valence-corrected chi connectivity index (χ4v) is 2.79. The summed E-state index contributed by atoms with van der Waals surface area (Å²) in [6.07, 6.45) is 2.72. The summed E-state index contributed by atoms with van der Waals surface area (Å²) in [5.74, 6) is 0. The minimum Gasteiger partial charge on any atom is -0.449 e. The van der Waals surface area contributed by atoms with E-state index in [2.05, 4.69) is 0 Å². The van der Waals surface area contributed by atoms with Crippen LogP contribution in [0.1, 0.15) is 30.0 Å². The van der Waals surface area contributed by atoms with Crippen molar-refractivity contribution >= 4 is 11.8 Å². The Morgan fingerprint density at radius 2 is 2.29 bits per heavy atom. The molecule has 1 heterocycles. The molecular formula is C13H16N2O2. The number of fused-ring (bicyclic) bond motifs is 1. The topological polar surface area (TPSA) is 55.6 Å². The maximum Gasteiger partial charge on any atom is 0.410 e. The van der Waals surface area contributed by atoms with E-state index in [4.69, 9.17) is 10.5 Å². The number of nitrogens with two attached hydrogens (primary N) is 1. The van der Waals surface area contributed by atoms with Gasteiger partial charge in [0.05, 0.1) is 12.6 Å². The Hall–Kier alpha value is -1.71. The van der Waals surface area contributed by atoms with Crippen molar-refractivity contribution in [3.05, 3.63) is 29.3 Å². The molecule has 3 rings (SSSR count). The molecular weight excluding hydrogens is 216 g/mol. The van der Waals surface area contributed by atoms with Gasteiger partial charge in [0, 0.05) is 12.2 Å². The number of ether oxygens (including phenoxy) is 1. The van der Waals surface area contributed by atoms with E-state index in [1.807, 2.05) is 23.1 Å². The van der Waals surface area contributed by atoms with Crippen molar-refractivity contribution in [3.8, 4) is 0 Å². The first-order valence-corrected chi connectivity index (χ1v) is 6.07. The largest absolute Gasteiger partial charge is 0.449 e. The average molecular weight is 232 g/mol. The molecule has 0 radical (unpaired) electrons. The van der Waals surface area contributed by atoms with Crippen molar-refractivity contribution in [2.45, 2.75) is 25.3 Å². The minimum atomic E-state index is -0.175. The monoisotopic (exact) mass is 232 g/mol. The molecule has 17 heavy (non-hydrogen) atoms. The van der Waals surface area contributed by atoms with E-state index in [-0.39, 0.29) is 12.1 Å². The van der Waals surface area contributed by atoms with Crippen molar-refractivity contribution in [3.63, 3.8) is 0 Å². The van der Waals surface area contributed by atoms with Gasteiger partial charge in [-0.25, -0.2) is 4.79 Å². The van der Waals surface area contributed by atoms with Crippen LogP contribution in [0, 0.1) is 0 Å². The molecule has 0 saturated carbocycles. The van der Waals surface area contributed by atoms with Crippen LogP contribution >= 0.6 is 0 Å². The standard InChI is InChI=1S/C13H16N2O2/c14-10-3-4-11-9(8-10)2-5-12(11)15-6-1-7-17-13(15)16/h3-4,8,12H,1-2,5-7,14H2. The molecule has 0 aromatic heterocycles. The van der Waals surface area contributed by atoms with Gasteiger partial charge in [-0.1, -0.05) is 6.07 Å². The summed E-state index contributed by atoms with van der Waals surface area (Å²) in [7, 11) is 0. The normalized spacial score (nSPS) is 23.4. The third kappa shape index (κ3) is 1.73. The zero-order valence-corrected chi connectivity index (χ0v) is 9.69. The molecule has 1 atom stereocenters. The lowest BCUT2D eigenvalue weighted by molar-refractivity contribution is 0.0549. The number of cyclic esters (lactones) is 1. The van der Waals surface area contributed by atoms with Gasteiger partial charge in [0.15, 0.2) is 0 Å². The highest BCUT2D eigenvalue weighted by Gasteiger charge is 2.33. The van der Waals surface area contributed by atoms with Crippen LogP contribution in [0.5, 0.6) is 0 Å². The van der Waals surface area contributed by atoms with Crippen molar-refractivity contribution in [1.29, 1.82) is 0 Å². The molecule has 2 aliphatic rings. The van der Waals surface area contributed by atoms with Gasteiger partial charge in [-0.05, 0) is 42.5 Å². The number of rotatable bonds is 1. The molecule has 4 nitrogen and oxygen atoms in total. The number of aryl methyl sites for hydroxylation is 1. The predicted octanol–water partition coefficient (Wildman–Crippen LogP) is 2.10. The Labute approximate surface area is 100 Å². The Morgan fingerprint density at radius 1 is 1.41 bits per heavy atom. The average Bonchev–Trinajstić information content (AvgIpc) is 2.72. The fourth-order valence-electron chi connectivity index (χ4n) is 2.79. The summed E-state index contributed by atoms with van der Waals surface area (Å²) in [6.45, 7) is 1.35. The number of anilines is 1. The Balaban J connectivity index is 1.90. The lowest BCUT2D eigenvalue weighted by Crippen LogP contribution is -2.39. The zero-order chi connectivity index (χ0) is 11.8. The first-order valence-electron chi connectivity index (χ1n) is 6.07. The summed E-state index contributed by atoms with van der Waals surface area (Å²) in [6, 6.07) is 6.15. The summed E-state index contributed by atoms with van der Waals surface area (Å²) in [5.41, 5.74) is 9.08. The first kappa shape index (κ1) is 10.4. The lowest BCUT2D eigenvalue weighted by atomic mass is 10.1. The molecule has 1 fully saturated rings. The highest BCUT2D eigenvalue weighted by Crippen LogP contribution is 2.37. The van der Waals surface area contributed by atoms with E-state index in [0.29, 0.717) is 6.61 Å². The summed E-state index contributed by atoms with van der Waals surface area (Å²) in [4.78, 5) is 13.6. The van der Waals surface area contributed by atoms with Gasteiger partial charge in [-0.15, -0.1) is 0 Å². The molecule has 1 aromatic rings. The number of nitrogens with zero attached hydrogens (tertiary/aromatic N) is 1. The Kier molecular flexibility index (Phi) is 2.42. The van der Waals surface area contributed by atoms with E-state index < -0.39 is 0 Å². The lowest BCUT2D eigenvalue weighted by Gasteiger charge is -2.32. The van der Waals surface area contributed by atoms with Crippen LogP contribution in [0.2, 0.25) is 0 Å². The Morgan fingerprint density at radius 3 is 3.12 bits per heavy atom. The molecule has 0 bridgehead atoms. The number of hydrogen-bond acceptors (Lipinski definition) is 3. The van der Waals surface area contributed by atoms with Crippen molar-refractivity contribution in [1.82, 2.24) is 4.90 Å². The van der Waals surface area contributed by atoms with Gasteiger partial charge in [-0.2, -0.15) is 0 Å². The second-order valence-corrected chi connectivity index (χ2v) is 4.67. The third-order valence-corrected chi connectivity index (χ3v) is 3.59. The van der Waals surface area contributed by atoms with Gasteiger partial charge < -0.3 is 15.4 Å². The number of amides is 1. The number of carbonyl (C=O) groups excluding carboxylic acids is 1. The fraction of sp³-hybridized carbons (Fsp3) is 0.462. The van der Waals surface area contributed by atoms with E-state index in [1.165, 1.54) is 11.1 Å². The molecule has 2 N–H and O–H groups in total. The second kappa shape index (κ2) is 3.95. The highest BCUT2D eigenvalue weighted by atomic mass is 16.6. The summed E-state index contributed by atoms with van der Waals surface area (Å²) >= 11 is 0. The van der Waals surface area contributed by atoms with Crippen LogP contribution in [0.4, 0.5) is 10.5 Å². The maximum atomic E-state index is 11.7. The molecule has 90 valence electrons. The number of hydrogen-bond donors (Lipinski definition) is 1. The molecule has 1 saturated heterocycles. The highest BCUT2D eigenvalue weighted by molar-refractivity contribution is 5.69. The van der Waals surface area contributed by atoms with Crippen LogP contribution in [0.3, 0.4) is 0 Å². The quantitative estimate of drug-likeness (QED) is 0.754. The van der Waals surface area contributed by atoms with Gasteiger partial charge in [-0.3, -0.25) is 0 Å². The molecule has 1 aliphatic heterocycles. The molecule has 4 heteroatoms. The zero-order valence-electron chi connectivity index (χ0n) is 9.69. The molecule has 1 aliphatic carbocycles. The first-order chi connectivity index (χ1) is 8.25.